The van der Waals surface area contributed by atoms with Crippen molar-refractivity contribution in [1.82, 2.24) is 0 Å². The first kappa shape index (κ1) is 28.1. The lowest BCUT2D eigenvalue weighted by molar-refractivity contribution is 5.96. The zero-order valence-electron chi connectivity index (χ0n) is 9.39. The minimum atomic E-state index is 1.37. The third kappa shape index (κ3) is 27.1. The molecular weight excluding hydrogens is 738 g/mol. The smallest absolute Gasteiger partial charge is 0 e. The Hall–Kier alpha value is 5.06. The highest BCUT2D eigenvalue weighted by Crippen LogP contribution is 1.42. The van der Waals surface area contributed by atoms with Crippen molar-refractivity contribution in [2.24, 2.45) is 0 Å². The van der Waals surface area contributed by atoms with Crippen LogP contribution >= 0.6 is 0 Å². The van der Waals surface area contributed by atoms with Crippen LogP contribution in [-0.2, 0) is 209 Å². The van der Waals surface area contributed by atoms with Crippen LogP contribution < -0.4 is 0 Å². The Morgan fingerprint density at radius 3 is 0.478 bits per heavy atom. The summed E-state index contributed by atoms with van der Waals surface area (Å²) in [5, 5.41) is 0. The summed E-state index contributed by atoms with van der Waals surface area (Å²) in [5.74, 6) is 0. The molecule has 0 nitrogen and oxygen atoms in total. The zero-order chi connectivity index (χ0) is 16.8. The predicted molar refractivity (Wildman–Crippen MR) is 169 cm³/mol. The molecule has 0 bridgehead atoms. The van der Waals surface area contributed by atoms with Gasteiger partial charge in [0.2, 0.25) is 0 Å². The van der Waals surface area contributed by atoms with Gasteiger partial charge in [0.1, 0.15) is 0 Å². The molecule has 0 aromatic heterocycles. The first-order valence-electron chi connectivity index (χ1n) is 3.67. The van der Waals surface area contributed by atoms with Crippen LogP contribution in [0.4, 0.5) is 0 Å². The van der Waals surface area contributed by atoms with Crippen LogP contribution in [0.1, 0.15) is 0 Å². The Morgan fingerprint density at radius 1 is 0.217 bits per heavy atom. The van der Waals surface area contributed by atoms with E-state index in [-0.39, 0.29) is 0 Å². The van der Waals surface area contributed by atoms with Crippen molar-refractivity contribution >= 4 is 209 Å². The molecule has 0 radical (unpaired) electrons. The van der Waals surface area contributed by atoms with Gasteiger partial charge in [-0.25, -0.2) is 0 Å². The largest absolute Gasteiger partial charge is 0 e. The van der Waals surface area contributed by atoms with Gasteiger partial charge in [0.05, 0.1) is 0 Å². The SMILES string of the molecule is S=S=S=S=S=S=S=S=S=S=S=S=S=S=S=S=S=S=S=S=S=S=S. The van der Waals surface area contributed by atoms with Crippen LogP contribution in [0.2, 0.25) is 0 Å². The molecule has 0 heterocycles. The normalized spacial score (nSPS) is 7.48. The summed E-state index contributed by atoms with van der Waals surface area (Å²) in [7, 11) is 36.3. The molecule has 0 atom stereocenters. The molecule has 0 N–H and O–H groups in total. The Morgan fingerprint density at radius 2 is 0.348 bits per heavy atom. The van der Waals surface area contributed by atoms with E-state index in [1.54, 1.807) is 142 Å². The zero-order valence-corrected chi connectivity index (χ0v) is 28.2. The third-order valence-electron chi connectivity index (χ3n) is 0.556. The molecule has 0 fully saturated rings. The van der Waals surface area contributed by atoms with Gasteiger partial charge >= 0.3 is 0 Å². The summed E-state index contributed by atoms with van der Waals surface area (Å²) >= 11 is 9.54. The van der Waals surface area contributed by atoms with E-state index in [0.717, 1.165) is 0 Å². The van der Waals surface area contributed by atoms with Gasteiger partial charge in [-0.3, -0.25) is 0 Å². The van der Waals surface area contributed by atoms with Crippen LogP contribution in [0.3, 0.4) is 0 Å². The van der Waals surface area contributed by atoms with E-state index >= 15 is 0 Å². The van der Waals surface area contributed by atoms with Crippen molar-refractivity contribution < 1.29 is 0 Å². The molecule has 0 spiro atoms. The molecule has 0 unspecified atom stereocenters. The van der Waals surface area contributed by atoms with Crippen molar-refractivity contribution in [3.05, 3.63) is 0 Å². The molecule has 0 saturated carbocycles. The maximum absolute atomic E-state index is 4.77. The summed E-state index contributed by atoms with van der Waals surface area (Å²) in [6.07, 6.45) is 0. The summed E-state index contributed by atoms with van der Waals surface area (Å²) in [5.41, 5.74) is 0. The molecule has 23 heteroatoms. The molecule has 0 saturated heterocycles. The Labute approximate surface area is 203 Å². The fourth-order valence-electron chi connectivity index (χ4n) is 0.215. The molecule has 0 aliphatic carbocycles. The number of rotatable bonds is 0. The van der Waals surface area contributed by atoms with E-state index in [0.29, 0.717) is 0 Å². The fraction of sp³-hybridized carbons (Fsp3) is 0. The Balaban J connectivity index is 5.84. The maximum atomic E-state index is 4.77. The monoisotopic (exact) mass is 735 g/mol. The summed E-state index contributed by atoms with van der Waals surface area (Å²) in [6, 6.07) is 0. The first-order chi connectivity index (χ1) is 11.4. The van der Waals surface area contributed by atoms with Gasteiger partial charge in [0, 0.05) is 209 Å². The highest BCUT2D eigenvalue weighted by molar-refractivity contribution is 8.78. The standard InChI is InChI=1S/S23/c1-3-5-7-9-11-13-15-17-19-21-23-22-20-18-16-14-12-10-8-6-4-2. The number of hydrogen-bond acceptors (Lipinski definition) is 2. The average molecular weight is 738 g/mol. The Bertz CT molecular complexity index is 1160. The van der Waals surface area contributed by atoms with Gasteiger partial charge in [-0.05, 0) is 0 Å². The molecule has 0 rings (SSSR count). The van der Waals surface area contributed by atoms with E-state index in [1.165, 1.54) is 17.8 Å². The van der Waals surface area contributed by atoms with E-state index in [1.807, 2.05) is 26.6 Å². The summed E-state index contributed by atoms with van der Waals surface area (Å²) in [4.78, 5) is 0. The summed E-state index contributed by atoms with van der Waals surface area (Å²) < 4.78 is 0. The van der Waals surface area contributed by atoms with Crippen molar-refractivity contribution in [3.8, 4) is 0 Å². The van der Waals surface area contributed by atoms with Crippen LogP contribution in [-0.4, -0.2) is 0 Å². The molecule has 23 heavy (non-hydrogen) atoms. The molecule has 0 aliphatic rings. The van der Waals surface area contributed by atoms with Crippen molar-refractivity contribution in [2.75, 3.05) is 0 Å². The maximum Gasteiger partial charge on any atom is 0 e. The minimum absolute atomic E-state index is 1.37. The predicted octanol–water partition coefficient (Wildman–Crippen LogP) is -0.0552. The van der Waals surface area contributed by atoms with Crippen LogP contribution in [0.5, 0.6) is 0 Å². The van der Waals surface area contributed by atoms with Crippen molar-refractivity contribution in [1.29, 1.82) is 0 Å². The van der Waals surface area contributed by atoms with Gasteiger partial charge in [-0.15, -0.1) is 0 Å². The third-order valence-corrected chi connectivity index (χ3v) is 45.0. The van der Waals surface area contributed by atoms with Crippen LogP contribution in [0.15, 0.2) is 0 Å². The average Bonchev–Trinajstić information content (AvgIpc) is 2.57. The Kier molecular flexibility index (Phi) is 33.0. The first-order valence-corrected chi connectivity index (χ1v) is 33.0. The van der Waals surface area contributed by atoms with Gasteiger partial charge < -0.3 is 0 Å². The van der Waals surface area contributed by atoms with Crippen LogP contribution in [0.25, 0.3) is 0 Å². The summed E-state index contributed by atoms with van der Waals surface area (Å²) in [6.45, 7) is 0. The van der Waals surface area contributed by atoms with E-state index in [2.05, 4.69) is 0 Å². The van der Waals surface area contributed by atoms with E-state index in [4.69, 9.17) is 22.4 Å². The van der Waals surface area contributed by atoms with Crippen LogP contribution in [0, 0.1) is 0 Å². The van der Waals surface area contributed by atoms with Gasteiger partial charge in [-0.1, -0.05) is 0 Å². The second-order valence-electron chi connectivity index (χ2n) is 1.43. The van der Waals surface area contributed by atoms with Crippen molar-refractivity contribution in [3.63, 3.8) is 0 Å². The topological polar surface area (TPSA) is 0 Å². The van der Waals surface area contributed by atoms with Gasteiger partial charge in [-0.2, -0.15) is 0 Å². The highest BCUT2D eigenvalue weighted by atomic mass is 33.5. The fourth-order valence-corrected chi connectivity index (χ4v) is 52.4. The molecule has 0 aliphatic heterocycles. The lowest BCUT2D eigenvalue weighted by atomic mass is 30.7. The number of hydrogen-bond donors (Lipinski definition) is 0. The second kappa shape index (κ2) is 27.1. The molecule has 0 amide bonds. The van der Waals surface area contributed by atoms with Crippen molar-refractivity contribution in [2.45, 2.75) is 0 Å². The molecule has 0 aromatic carbocycles. The minimum Gasteiger partial charge on any atom is 0 e. The highest BCUT2D eigenvalue weighted by Gasteiger charge is 1.42. The van der Waals surface area contributed by atoms with Gasteiger partial charge in [0.15, 0.2) is 0 Å². The second-order valence-corrected chi connectivity index (χ2v) is 38.6. The lowest BCUT2D eigenvalue weighted by Gasteiger charge is -1.40. The lowest BCUT2D eigenvalue weighted by Crippen LogP contribution is -1.40. The van der Waals surface area contributed by atoms with Gasteiger partial charge in [0.25, 0.3) is 0 Å². The van der Waals surface area contributed by atoms with E-state index in [9.17, 15) is 0 Å². The molecular formula is S23. The van der Waals surface area contributed by atoms with E-state index < -0.39 is 0 Å². The molecule has 138 valence electrons. The quantitative estimate of drug-likeness (QED) is 0.343. The molecule has 0 aromatic rings.